The number of hydrogen-bond donors (Lipinski definition) is 1. The van der Waals surface area contributed by atoms with Crippen LogP contribution < -0.4 is 0 Å². The first-order valence-corrected chi connectivity index (χ1v) is 8.23. The number of nitrogens with one attached hydrogen (secondary N) is 1. The Morgan fingerprint density at radius 1 is 1.52 bits per heavy atom. The third kappa shape index (κ3) is 3.46. The van der Waals surface area contributed by atoms with Crippen molar-refractivity contribution in [1.29, 1.82) is 0 Å². The van der Waals surface area contributed by atoms with Crippen molar-refractivity contribution in [1.82, 2.24) is 19.8 Å². The molecule has 1 aliphatic carbocycles. The van der Waals surface area contributed by atoms with Crippen LogP contribution in [0.2, 0.25) is 0 Å². The van der Waals surface area contributed by atoms with Crippen LogP contribution in [0.25, 0.3) is 0 Å². The Hall–Kier alpha value is -1.36. The number of hydrogen-bond acceptors (Lipinski definition) is 3. The van der Waals surface area contributed by atoms with Crippen molar-refractivity contribution >= 4 is 6.41 Å². The molecule has 3 rings (SSSR count). The highest BCUT2D eigenvalue weighted by atomic mass is 16.1. The van der Waals surface area contributed by atoms with Crippen LogP contribution in [-0.2, 0) is 4.79 Å². The zero-order valence-corrected chi connectivity index (χ0v) is 12.9. The minimum absolute atomic E-state index is 0.377. The van der Waals surface area contributed by atoms with Crippen molar-refractivity contribution in [2.75, 3.05) is 19.6 Å². The molecule has 2 heterocycles. The number of nitrogens with zero attached hydrogens (tertiary/aromatic N) is 3. The Bertz CT molecular complexity index is 447. The molecule has 0 aromatic carbocycles. The van der Waals surface area contributed by atoms with Gasteiger partial charge >= 0.3 is 0 Å². The van der Waals surface area contributed by atoms with Crippen LogP contribution in [0.3, 0.4) is 0 Å². The van der Waals surface area contributed by atoms with Gasteiger partial charge in [-0.15, -0.1) is 0 Å². The van der Waals surface area contributed by atoms with Crippen LogP contribution in [0.5, 0.6) is 0 Å². The summed E-state index contributed by atoms with van der Waals surface area (Å²) < 4.78 is 0. The third-order valence-electron chi connectivity index (χ3n) is 5.04. The quantitative estimate of drug-likeness (QED) is 0.781. The highest BCUT2D eigenvalue weighted by molar-refractivity contribution is 5.49. The average Bonchev–Trinajstić information content (AvgIpc) is 3.09. The van der Waals surface area contributed by atoms with Crippen LogP contribution in [-0.4, -0.2) is 57.9 Å². The maximum absolute atomic E-state index is 11.3. The molecule has 1 saturated heterocycles. The van der Waals surface area contributed by atoms with Gasteiger partial charge in [-0.3, -0.25) is 4.79 Å². The first-order chi connectivity index (χ1) is 10.3. The molecular formula is C16H26N4O. The highest BCUT2D eigenvalue weighted by Gasteiger charge is 2.43. The number of aromatic nitrogens is 2. The van der Waals surface area contributed by atoms with Crippen LogP contribution in [0.4, 0.5) is 0 Å². The molecule has 1 unspecified atom stereocenters. The molecule has 0 spiro atoms. The van der Waals surface area contributed by atoms with Crippen molar-refractivity contribution in [3.05, 3.63) is 18.2 Å². The predicted octanol–water partition coefficient (Wildman–Crippen LogP) is 1.99. The van der Waals surface area contributed by atoms with Crippen molar-refractivity contribution in [2.45, 2.75) is 57.0 Å². The number of rotatable bonds is 7. The molecule has 0 bridgehead atoms. The first-order valence-electron chi connectivity index (χ1n) is 8.23. The van der Waals surface area contributed by atoms with E-state index in [-0.39, 0.29) is 0 Å². The summed E-state index contributed by atoms with van der Waals surface area (Å²) in [5.74, 6) is 0.464. The van der Waals surface area contributed by atoms with E-state index in [0.717, 1.165) is 38.0 Å². The Labute approximate surface area is 126 Å². The number of aromatic amines is 1. The van der Waals surface area contributed by atoms with Gasteiger partial charge in [0.25, 0.3) is 0 Å². The number of amides is 1. The van der Waals surface area contributed by atoms with Crippen LogP contribution >= 0.6 is 0 Å². The van der Waals surface area contributed by atoms with Gasteiger partial charge in [-0.05, 0) is 39.2 Å². The van der Waals surface area contributed by atoms with E-state index in [4.69, 9.17) is 0 Å². The summed E-state index contributed by atoms with van der Waals surface area (Å²) in [5.41, 5.74) is 1.16. The fourth-order valence-corrected chi connectivity index (χ4v) is 3.59. The van der Waals surface area contributed by atoms with E-state index in [1.165, 1.54) is 25.8 Å². The fourth-order valence-electron chi connectivity index (χ4n) is 3.59. The van der Waals surface area contributed by atoms with E-state index < -0.39 is 0 Å². The average molecular weight is 290 g/mol. The molecular weight excluding hydrogens is 264 g/mol. The number of carbonyl (C=O) groups is 1. The van der Waals surface area contributed by atoms with Gasteiger partial charge in [0.2, 0.25) is 6.41 Å². The number of likely N-dealkylation sites (tertiary alicyclic amines) is 1. The minimum Gasteiger partial charge on any atom is -0.348 e. The zero-order chi connectivity index (χ0) is 14.7. The van der Waals surface area contributed by atoms with E-state index in [2.05, 4.69) is 21.8 Å². The lowest BCUT2D eigenvalue weighted by molar-refractivity contribution is -0.118. The summed E-state index contributed by atoms with van der Waals surface area (Å²) in [6, 6.07) is 1.09. The van der Waals surface area contributed by atoms with Gasteiger partial charge in [-0.1, -0.05) is 6.42 Å². The molecule has 1 aromatic heterocycles. The third-order valence-corrected chi connectivity index (χ3v) is 5.04. The Kier molecular flexibility index (Phi) is 4.58. The maximum Gasteiger partial charge on any atom is 0.209 e. The van der Waals surface area contributed by atoms with Crippen molar-refractivity contribution in [3.8, 4) is 0 Å². The van der Waals surface area contributed by atoms with Crippen LogP contribution in [0.15, 0.2) is 12.5 Å². The van der Waals surface area contributed by atoms with Gasteiger partial charge in [-0.2, -0.15) is 0 Å². The summed E-state index contributed by atoms with van der Waals surface area (Å²) in [6.45, 7) is 5.54. The van der Waals surface area contributed by atoms with Crippen molar-refractivity contribution in [2.24, 2.45) is 0 Å². The molecule has 3 atom stereocenters. The van der Waals surface area contributed by atoms with Gasteiger partial charge in [0.15, 0.2) is 0 Å². The van der Waals surface area contributed by atoms with E-state index in [0.29, 0.717) is 18.0 Å². The molecule has 21 heavy (non-hydrogen) atoms. The monoisotopic (exact) mass is 290 g/mol. The second-order valence-electron chi connectivity index (χ2n) is 6.49. The SMILES string of the molecule is CC1CCCCN1CCCN(C=O)[C@@H]1C[C@H]1c1cnc[nH]1. The second-order valence-corrected chi connectivity index (χ2v) is 6.49. The largest absolute Gasteiger partial charge is 0.348 e. The number of H-pyrrole nitrogens is 1. The molecule has 5 nitrogen and oxygen atoms in total. The molecule has 1 aromatic rings. The van der Waals surface area contributed by atoms with Crippen molar-refractivity contribution < 1.29 is 4.79 Å². The van der Waals surface area contributed by atoms with E-state index >= 15 is 0 Å². The van der Waals surface area contributed by atoms with Crippen LogP contribution in [0.1, 0.15) is 50.6 Å². The summed E-state index contributed by atoms with van der Waals surface area (Å²) in [7, 11) is 0. The lowest BCUT2D eigenvalue weighted by Gasteiger charge is -2.33. The standard InChI is InChI=1S/C16H26N4O/c1-13-5-2-3-6-19(13)7-4-8-20(12-21)16-9-14(16)15-10-17-11-18-15/h10-14,16H,2-9H2,1H3,(H,17,18)/t13?,14-,16+/m0/s1. The smallest absolute Gasteiger partial charge is 0.209 e. The summed E-state index contributed by atoms with van der Waals surface area (Å²) in [4.78, 5) is 23.1. The molecule has 2 fully saturated rings. The highest BCUT2D eigenvalue weighted by Crippen LogP contribution is 2.43. The fraction of sp³-hybridized carbons (Fsp3) is 0.750. The Morgan fingerprint density at radius 3 is 3.14 bits per heavy atom. The van der Waals surface area contributed by atoms with Crippen LogP contribution in [0, 0.1) is 0 Å². The molecule has 1 amide bonds. The second kappa shape index (κ2) is 6.60. The van der Waals surface area contributed by atoms with E-state index in [1.54, 1.807) is 6.33 Å². The lowest BCUT2D eigenvalue weighted by atomic mass is 10.0. The molecule has 2 aliphatic rings. The predicted molar refractivity (Wildman–Crippen MR) is 82.0 cm³/mol. The van der Waals surface area contributed by atoms with Crippen molar-refractivity contribution in [3.63, 3.8) is 0 Å². The van der Waals surface area contributed by atoms with E-state index in [1.807, 2.05) is 11.1 Å². The Morgan fingerprint density at radius 2 is 2.43 bits per heavy atom. The summed E-state index contributed by atoms with van der Waals surface area (Å²) in [5, 5.41) is 0. The van der Waals surface area contributed by atoms with Gasteiger partial charge < -0.3 is 14.8 Å². The summed E-state index contributed by atoms with van der Waals surface area (Å²) >= 11 is 0. The number of imidazole rings is 1. The summed E-state index contributed by atoms with van der Waals surface area (Å²) in [6.07, 6.45) is 10.8. The van der Waals surface area contributed by atoms with Gasteiger partial charge in [0, 0.05) is 43.0 Å². The normalized spacial score (nSPS) is 29.3. The van der Waals surface area contributed by atoms with E-state index in [9.17, 15) is 4.79 Å². The van der Waals surface area contributed by atoms with Gasteiger partial charge in [-0.25, -0.2) is 4.98 Å². The van der Waals surface area contributed by atoms with Gasteiger partial charge in [0.1, 0.15) is 0 Å². The lowest BCUT2D eigenvalue weighted by Crippen LogP contribution is -2.39. The number of piperidine rings is 1. The zero-order valence-electron chi connectivity index (χ0n) is 12.9. The minimum atomic E-state index is 0.377. The molecule has 116 valence electrons. The first kappa shape index (κ1) is 14.6. The maximum atomic E-state index is 11.3. The molecule has 0 radical (unpaired) electrons. The van der Waals surface area contributed by atoms with Gasteiger partial charge in [0.05, 0.1) is 6.33 Å². The topological polar surface area (TPSA) is 52.2 Å². The molecule has 1 saturated carbocycles. The molecule has 1 aliphatic heterocycles. The molecule has 5 heteroatoms. The Balaban J connectivity index is 1.42. The number of carbonyl (C=O) groups excluding carboxylic acids is 1. The molecule has 1 N–H and O–H groups in total.